The molecule has 0 unspecified atom stereocenters. The Morgan fingerprint density at radius 2 is 1.89 bits per heavy atom. The molecular formula is C12H12BrCl2N3. The van der Waals surface area contributed by atoms with Crippen molar-refractivity contribution in [3.05, 3.63) is 34.1 Å². The second-order valence-corrected chi connectivity index (χ2v) is 5.20. The van der Waals surface area contributed by atoms with E-state index in [1.807, 2.05) is 22.8 Å². The Bertz CT molecular complexity index is 534. The summed E-state index contributed by atoms with van der Waals surface area (Å²) in [5, 5.41) is 10.2. The molecule has 96 valence electrons. The lowest BCUT2D eigenvalue weighted by atomic mass is 10.2. The summed E-state index contributed by atoms with van der Waals surface area (Å²) >= 11 is 15.8. The maximum atomic E-state index is 6.21. The maximum Gasteiger partial charge on any atom is 0.167 e. The van der Waals surface area contributed by atoms with E-state index in [4.69, 9.17) is 23.2 Å². The number of hydrogen-bond donors (Lipinski definition) is 0. The van der Waals surface area contributed by atoms with Gasteiger partial charge in [-0.1, -0.05) is 52.1 Å². The van der Waals surface area contributed by atoms with Gasteiger partial charge >= 0.3 is 0 Å². The number of aromatic nitrogens is 3. The van der Waals surface area contributed by atoms with E-state index in [-0.39, 0.29) is 0 Å². The number of benzene rings is 1. The van der Waals surface area contributed by atoms with Crippen LogP contribution in [0.2, 0.25) is 10.0 Å². The Kier molecular flexibility index (Phi) is 4.65. The van der Waals surface area contributed by atoms with Crippen LogP contribution in [0.4, 0.5) is 0 Å². The molecule has 0 bridgehead atoms. The van der Waals surface area contributed by atoms with E-state index in [9.17, 15) is 0 Å². The van der Waals surface area contributed by atoms with Crippen LogP contribution in [0, 0.1) is 0 Å². The van der Waals surface area contributed by atoms with E-state index in [1.54, 1.807) is 0 Å². The van der Waals surface area contributed by atoms with Gasteiger partial charge < -0.3 is 4.57 Å². The Morgan fingerprint density at radius 3 is 2.44 bits per heavy atom. The molecular weight excluding hydrogens is 337 g/mol. The van der Waals surface area contributed by atoms with E-state index in [0.717, 1.165) is 30.2 Å². The molecule has 0 spiro atoms. The molecule has 1 heterocycles. The van der Waals surface area contributed by atoms with Crippen LogP contribution >= 0.6 is 39.1 Å². The van der Waals surface area contributed by atoms with Crippen LogP contribution in [0.15, 0.2) is 18.2 Å². The average molecular weight is 349 g/mol. The van der Waals surface area contributed by atoms with E-state index in [2.05, 4.69) is 33.1 Å². The van der Waals surface area contributed by atoms with Gasteiger partial charge in [-0.25, -0.2) is 0 Å². The molecule has 2 aromatic rings. The van der Waals surface area contributed by atoms with Crippen molar-refractivity contribution in [1.29, 1.82) is 0 Å². The summed E-state index contributed by atoms with van der Waals surface area (Å²) < 4.78 is 2.04. The topological polar surface area (TPSA) is 30.7 Å². The quantitative estimate of drug-likeness (QED) is 0.758. The molecule has 18 heavy (non-hydrogen) atoms. The standard InChI is InChI=1S/C12H12BrCl2N3/c1-2-6-18-10(7-13)16-17-12(18)11-8(14)4-3-5-9(11)15/h3-5H,2,6-7H2,1H3. The second-order valence-electron chi connectivity index (χ2n) is 3.82. The minimum Gasteiger partial charge on any atom is -0.310 e. The zero-order chi connectivity index (χ0) is 13.1. The molecule has 1 aromatic heterocycles. The number of hydrogen-bond acceptors (Lipinski definition) is 2. The molecule has 0 amide bonds. The smallest absolute Gasteiger partial charge is 0.167 e. The molecule has 0 aliphatic rings. The normalized spacial score (nSPS) is 10.9. The van der Waals surface area contributed by atoms with Gasteiger partial charge in [-0.15, -0.1) is 10.2 Å². The SMILES string of the molecule is CCCn1c(CBr)nnc1-c1c(Cl)cccc1Cl. The molecule has 0 saturated heterocycles. The number of rotatable bonds is 4. The summed E-state index contributed by atoms with van der Waals surface area (Å²) in [5.41, 5.74) is 0.744. The van der Waals surface area contributed by atoms with Gasteiger partial charge in [0.25, 0.3) is 0 Å². The highest BCUT2D eigenvalue weighted by molar-refractivity contribution is 9.08. The molecule has 0 radical (unpaired) electrons. The first-order valence-corrected chi connectivity index (χ1v) is 7.49. The summed E-state index contributed by atoms with van der Waals surface area (Å²) in [5.74, 6) is 1.60. The van der Waals surface area contributed by atoms with E-state index in [0.29, 0.717) is 15.4 Å². The number of alkyl halides is 1. The van der Waals surface area contributed by atoms with Crippen molar-refractivity contribution < 1.29 is 0 Å². The van der Waals surface area contributed by atoms with Crippen molar-refractivity contribution in [3.63, 3.8) is 0 Å². The fraction of sp³-hybridized carbons (Fsp3) is 0.333. The lowest BCUT2D eigenvalue weighted by Gasteiger charge is -2.10. The van der Waals surface area contributed by atoms with Crippen molar-refractivity contribution in [3.8, 4) is 11.4 Å². The van der Waals surface area contributed by atoms with Crippen molar-refractivity contribution in [2.75, 3.05) is 0 Å². The zero-order valence-electron chi connectivity index (χ0n) is 9.83. The average Bonchev–Trinajstić information content (AvgIpc) is 2.73. The van der Waals surface area contributed by atoms with Gasteiger partial charge in [-0.3, -0.25) is 0 Å². The largest absolute Gasteiger partial charge is 0.310 e. The Hall–Kier alpha value is -0.580. The van der Waals surface area contributed by atoms with Crippen molar-refractivity contribution >= 4 is 39.1 Å². The van der Waals surface area contributed by atoms with Gasteiger partial charge in [0.2, 0.25) is 0 Å². The summed E-state index contributed by atoms with van der Waals surface area (Å²) in [6.45, 7) is 2.95. The van der Waals surface area contributed by atoms with Crippen LogP contribution in [0.25, 0.3) is 11.4 Å². The summed E-state index contributed by atoms with van der Waals surface area (Å²) in [6.07, 6.45) is 0.993. The van der Waals surface area contributed by atoms with Crippen LogP contribution in [0.1, 0.15) is 19.2 Å². The van der Waals surface area contributed by atoms with E-state index < -0.39 is 0 Å². The van der Waals surface area contributed by atoms with Crippen LogP contribution in [0.3, 0.4) is 0 Å². The highest BCUT2D eigenvalue weighted by Crippen LogP contribution is 2.34. The molecule has 0 saturated carbocycles. The Labute approximate surface area is 124 Å². The first kappa shape index (κ1) is 13.8. The van der Waals surface area contributed by atoms with Crippen molar-refractivity contribution in [2.24, 2.45) is 0 Å². The fourth-order valence-electron chi connectivity index (χ4n) is 1.79. The van der Waals surface area contributed by atoms with Gasteiger partial charge in [0.1, 0.15) is 5.82 Å². The minimum absolute atomic E-state index is 0.591. The zero-order valence-corrected chi connectivity index (χ0v) is 12.9. The molecule has 6 heteroatoms. The van der Waals surface area contributed by atoms with Crippen LogP contribution in [0.5, 0.6) is 0 Å². The Balaban J connectivity index is 2.60. The van der Waals surface area contributed by atoms with Crippen LogP contribution < -0.4 is 0 Å². The molecule has 0 atom stereocenters. The van der Waals surface area contributed by atoms with Gasteiger partial charge in [0.15, 0.2) is 5.82 Å². The molecule has 3 nitrogen and oxygen atoms in total. The minimum atomic E-state index is 0.591. The highest BCUT2D eigenvalue weighted by Gasteiger charge is 2.17. The summed E-state index contributed by atoms with van der Waals surface area (Å²) in [7, 11) is 0. The maximum absolute atomic E-state index is 6.21. The molecule has 0 fully saturated rings. The number of halogens is 3. The third kappa shape index (κ3) is 2.56. The molecule has 0 N–H and O–H groups in total. The fourth-order valence-corrected chi connectivity index (χ4v) is 2.77. The Morgan fingerprint density at radius 1 is 1.22 bits per heavy atom. The number of nitrogens with zero attached hydrogens (tertiary/aromatic N) is 3. The third-order valence-electron chi connectivity index (χ3n) is 2.58. The first-order chi connectivity index (χ1) is 8.69. The summed E-state index contributed by atoms with van der Waals surface area (Å²) in [6, 6.07) is 5.43. The molecule has 0 aliphatic carbocycles. The van der Waals surface area contributed by atoms with Crippen molar-refractivity contribution in [2.45, 2.75) is 25.2 Å². The lowest BCUT2D eigenvalue weighted by molar-refractivity contribution is 0.661. The van der Waals surface area contributed by atoms with Crippen LogP contribution in [-0.2, 0) is 11.9 Å². The monoisotopic (exact) mass is 347 g/mol. The van der Waals surface area contributed by atoms with Gasteiger partial charge in [-0.2, -0.15) is 0 Å². The lowest BCUT2D eigenvalue weighted by Crippen LogP contribution is -2.04. The predicted octanol–water partition coefficient (Wildman–Crippen LogP) is 4.56. The van der Waals surface area contributed by atoms with Gasteiger partial charge in [0, 0.05) is 6.54 Å². The van der Waals surface area contributed by atoms with Gasteiger partial charge in [-0.05, 0) is 18.6 Å². The van der Waals surface area contributed by atoms with E-state index >= 15 is 0 Å². The third-order valence-corrected chi connectivity index (χ3v) is 3.71. The summed E-state index contributed by atoms with van der Waals surface area (Å²) in [4.78, 5) is 0. The predicted molar refractivity (Wildman–Crippen MR) is 78.4 cm³/mol. The molecule has 1 aromatic carbocycles. The molecule has 0 aliphatic heterocycles. The second kappa shape index (κ2) is 6.04. The van der Waals surface area contributed by atoms with Gasteiger partial charge in [0.05, 0.1) is 20.9 Å². The first-order valence-electron chi connectivity index (χ1n) is 5.61. The van der Waals surface area contributed by atoms with E-state index in [1.165, 1.54) is 0 Å². The highest BCUT2D eigenvalue weighted by atomic mass is 79.9. The van der Waals surface area contributed by atoms with Crippen LogP contribution in [-0.4, -0.2) is 14.8 Å². The van der Waals surface area contributed by atoms with Crippen molar-refractivity contribution in [1.82, 2.24) is 14.8 Å². The molecule has 2 rings (SSSR count).